The Morgan fingerprint density at radius 3 is 2.48 bits per heavy atom. The lowest BCUT2D eigenvalue weighted by atomic mass is 9.85. The molecule has 2 aromatic rings. The molecule has 0 spiro atoms. The summed E-state index contributed by atoms with van der Waals surface area (Å²) in [5, 5.41) is 4.09. The fraction of sp³-hybridized carbons (Fsp3) is 0.480. The van der Waals surface area contributed by atoms with E-state index in [9.17, 15) is 13.6 Å². The number of fused-ring (bicyclic) bond motifs is 1. The Hall–Kier alpha value is -2.87. The molecule has 1 aromatic heterocycles. The lowest BCUT2D eigenvalue weighted by molar-refractivity contribution is -0.128. The van der Waals surface area contributed by atoms with Gasteiger partial charge >= 0.3 is 0 Å². The highest BCUT2D eigenvalue weighted by Crippen LogP contribution is 2.33. The van der Waals surface area contributed by atoms with Gasteiger partial charge in [0.15, 0.2) is 0 Å². The summed E-state index contributed by atoms with van der Waals surface area (Å²) in [6.45, 7) is 2.50. The smallest absolute Gasteiger partial charge is 0.230 e. The molecule has 33 heavy (non-hydrogen) atoms. The van der Waals surface area contributed by atoms with Gasteiger partial charge < -0.3 is 9.64 Å². The SMILES string of the molecule is C1CCOCC1.CN1CC2C(c3ccc(F)cc3F)=NC=CC2C1=O.c1cnn(C2CC2)c1. The van der Waals surface area contributed by atoms with Crippen molar-refractivity contribution in [1.29, 1.82) is 0 Å². The molecule has 0 radical (unpaired) electrons. The minimum absolute atomic E-state index is 0.0103. The Labute approximate surface area is 192 Å². The molecule has 6 rings (SSSR count). The van der Waals surface area contributed by atoms with Crippen molar-refractivity contribution in [2.24, 2.45) is 16.8 Å². The van der Waals surface area contributed by atoms with Gasteiger partial charge in [0.1, 0.15) is 11.6 Å². The lowest BCUT2D eigenvalue weighted by Gasteiger charge is -2.20. The molecule has 0 N–H and O–H groups in total. The van der Waals surface area contributed by atoms with Crippen LogP contribution < -0.4 is 0 Å². The van der Waals surface area contributed by atoms with Crippen molar-refractivity contribution < 1.29 is 18.3 Å². The molecule has 4 aliphatic rings. The molecular weight excluding hydrogens is 426 g/mol. The summed E-state index contributed by atoms with van der Waals surface area (Å²) in [4.78, 5) is 17.7. The van der Waals surface area contributed by atoms with Crippen LogP contribution in [0.15, 0.2) is 53.9 Å². The van der Waals surface area contributed by atoms with E-state index in [0.717, 1.165) is 25.3 Å². The van der Waals surface area contributed by atoms with Crippen LogP contribution in [-0.2, 0) is 9.53 Å². The first-order valence-electron chi connectivity index (χ1n) is 11.6. The number of carbonyl (C=O) groups excluding carboxylic acids is 1. The van der Waals surface area contributed by atoms with E-state index in [0.29, 0.717) is 12.3 Å². The number of benzene rings is 1. The number of hydrogen-bond donors (Lipinski definition) is 0. The van der Waals surface area contributed by atoms with Gasteiger partial charge in [0.25, 0.3) is 0 Å². The van der Waals surface area contributed by atoms with Gasteiger partial charge in [-0.25, -0.2) is 8.78 Å². The Morgan fingerprint density at radius 1 is 1.12 bits per heavy atom. The molecule has 3 aliphatic heterocycles. The normalized spacial score (nSPS) is 23.7. The first-order chi connectivity index (χ1) is 16.0. The molecule has 1 aliphatic carbocycles. The van der Waals surface area contributed by atoms with E-state index < -0.39 is 11.6 Å². The standard InChI is InChI=1S/C14H12F2N2O.C6H8N2.C5H10O/c1-18-7-11-9(14(18)19)4-5-17-13(11)10-3-2-8(15)6-12(10)16;1-4-7-8(5-1)6-2-3-6;1-2-4-6-5-3-1/h2-6,9,11H,7H2,1H3;1,4-6H,2-3H2;1-5H2. The number of aliphatic imine (C=N–C) groups is 1. The monoisotopic (exact) mass is 456 g/mol. The van der Waals surface area contributed by atoms with E-state index in [1.165, 1.54) is 50.4 Å². The van der Waals surface area contributed by atoms with E-state index in [1.807, 2.05) is 23.1 Å². The second kappa shape index (κ2) is 10.8. The molecule has 176 valence electrons. The fourth-order valence-electron chi connectivity index (χ4n) is 4.20. The van der Waals surface area contributed by atoms with E-state index in [1.54, 1.807) is 18.0 Å². The number of nitrogens with zero attached hydrogens (tertiary/aromatic N) is 4. The molecule has 8 heteroatoms. The van der Waals surface area contributed by atoms with Crippen molar-refractivity contribution in [1.82, 2.24) is 14.7 Å². The topological polar surface area (TPSA) is 59.7 Å². The molecule has 0 bridgehead atoms. The van der Waals surface area contributed by atoms with Gasteiger partial charge in [0.2, 0.25) is 5.91 Å². The first kappa shape index (κ1) is 23.3. The van der Waals surface area contributed by atoms with Gasteiger partial charge in [-0.3, -0.25) is 14.5 Å². The number of amides is 1. The first-order valence-corrected chi connectivity index (χ1v) is 11.6. The predicted octanol–water partition coefficient (Wildman–Crippen LogP) is 4.39. The van der Waals surface area contributed by atoms with Gasteiger partial charge in [0, 0.05) is 62.9 Å². The van der Waals surface area contributed by atoms with Crippen molar-refractivity contribution in [2.75, 3.05) is 26.8 Å². The lowest BCUT2D eigenvalue weighted by Crippen LogP contribution is -2.26. The number of ether oxygens (including phenoxy) is 1. The third-order valence-corrected chi connectivity index (χ3v) is 6.15. The molecule has 2 unspecified atom stereocenters. The number of aromatic nitrogens is 2. The Balaban J connectivity index is 0.000000150. The summed E-state index contributed by atoms with van der Waals surface area (Å²) < 4.78 is 33.9. The maximum atomic E-state index is 13.8. The quantitative estimate of drug-likeness (QED) is 0.674. The number of rotatable bonds is 2. The molecule has 4 heterocycles. The average molecular weight is 457 g/mol. The molecule has 3 fully saturated rings. The van der Waals surface area contributed by atoms with Crippen LogP contribution in [0.5, 0.6) is 0 Å². The highest BCUT2D eigenvalue weighted by molar-refractivity contribution is 6.07. The zero-order valence-corrected chi connectivity index (χ0v) is 18.9. The molecular formula is C25H30F2N4O2. The van der Waals surface area contributed by atoms with Crippen molar-refractivity contribution in [2.45, 2.75) is 38.1 Å². The van der Waals surface area contributed by atoms with E-state index in [-0.39, 0.29) is 23.3 Å². The van der Waals surface area contributed by atoms with E-state index in [4.69, 9.17) is 4.74 Å². The van der Waals surface area contributed by atoms with Gasteiger partial charge in [-0.05, 0) is 50.3 Å². The van der Waals surface area contributed by atoms with E-state index >= 15 is 0 Å². The van der Waals surface area contributed by atoms with Gasteiger partial charge in [0.05, 0.1) is 17.7 Å². The van der Waals surface area contributed by atoms with Crippen LogP contribution in [-0.4, -0.2) is 53.1 Å². The van der Waals surface area contributed by atoms with Crippen molar-refractivity contribution in [3.8, 4) is 0 Å². The highest BCUT2D eigenvalue weighted by Gasteiger charge is 2.41. The molecule has 2 saturated heterocycles. The number of hydrogen-bond acceptors (Lipinski definition) is 4. The third-order valence-electron chi connectivity index (χ3n) is 6.15. The Bertz CT molecular complexity index is 986. The van der Waals surface area contributed by atoms with Crippen molar-refractivity contribution >= 4 is 11.6 Å². The minimum Gasteiger partial charge on any atom is -0.381 e. The Morgan fingerprint density at radius 2 is 1.91 bits per heavy atom. The molecule has 1 saturated carbocycles. The highest BCUT2D eigenvalue weighted by atomic mass is 19.1. The number of likely N-dealkylation sites (tertiary alicyclic amines) is 1. The summed E-state index contributed by atoms with van der Waals surface area (Å²) in [5.74, 6) is -1.71. The minimum atomic E-state index is -0.644. The van der Waals surface area contributed by atoms with Crippen molar-refractivity contribution in [3.05, 3.63) is 66.1 Å². The second-order valence-corrected chi connectivity index (χ2v) is 8.72. The maximum Gasteiger partial charge on any atom is 0.230 e. The largest absolute Gasteiger partial charge is 0.381 e. The van der Waals surface area contributed by atoms with Crippen LogP contribution in [0.3, 0.4) is 0 Å². The summed E-state index contributed by atoms with van der Waals surface area (Å²) in [6.07, 6.45) is 13.7. The van der Waals surface area contributed by atoms with Gasteiger partial charge in [-0.15, -0.1) is 0 Å². The van der Waals surface area contributed by atoms with Crippen LogP contribution >= 0.6 is 0 Å². The molecule has 6 nitrogen and oxygen atoms in total. The van der Waals surface area contributed by atoms with E-state index in [2.05, 4.69) is 10.1 Å². The summed E-state index contributed by atoms with van der Waals surface area (Å²) >= 11 is 0. The maximum absolute atomic E-state index is 13.8. The average Bonchev–Trinajstić information content (AvgIpc) is 3.45. The van der Waals surface area contributed by atoms with Crippen LogP contribution in [0.25, 0.3) is 0 Å². The van der Waals surface area contributed by atoms with Gasteiger partial charge in [-0.1, -0.05) is 6.08 Å². The van der Waals surface area contributed by atoms with Crippen LogP contribution in [0, 0.1) is 23.5 Å². The van der Waals surface area contributed by atoms with Crippen molar-refractivity contribution in [3.63, 3.8) is 0 Å². The molecule has 1 amide bonds. The summed E-state index contributed by atoms with van der Waals surface area (Å²) in [7, 11) is 1.72. The third kappa shape index (κ3) is 5.93. The van der Waals surface area contributed by atoms with Crippen LogP contribution in [0.4, 0.5) is 8.78 Å². The summed E-state index contributed by atoms with van der Waals surface area (Å²) in [5.41, 5.74) is 0.784. The second-order valence-electron chi connectivity index (χ2n) is 8.72. The number of carbonyl (C=O) groups is 1. The van der Waals surface area contributed by atoms with Gasteiger partial charge in [-0.2, -0.15) is 5.10 Å². The Kier molecular flexibility index (Phi) is 7.65. The van der Waals surface area contributed by atoms with Crippen LogP contribution in [0.1, 0.15) is 43.7 Å². The predicted molar refractivity (Wildman–Crippen MR) is 122 cm³/mol. The number of halogens is 2. The van der Waals surface area contributed by atoms with Crippen LogP contribution in [0.2, 0.25) is 0 Å². The zero-order chi connectivity index (χ0) is 23.2. The summed E-state index contributed by atoms with van der Waals surface area (Å²) in [6, 6.07) is 6.13. The zero-order valence-electron chi connectivity index (χ0n) is 18.9. The molecule has 1 aromatic carbocycles. The fourth-order valence-corrected chi connectivity index (χ4v) is 4.20. The molecule has 2 atom stereocenters.